The van der Waals surface area contributed by atoms with E-state index in [2.05, 4.69) is 36.7 Å². The first kappa shape index (κ1) is 8.48. The van der Waals surface area contributed by atoms with E-state index < -0.39 is 0 Å². The summed E-state index contributed by atoms with van der Waals surface area (Å²) < 4.78 is 0. The molecular weight excluding hydrogens is 164 g/mol. The second-order valence-electron chi connectivity index (χ2n) is 2.44. The monoisotopic (exact) mass is 178 g/mol. The molecule has 1 heteroatoms. The number of hydrogen-bond acceptors (Lipinski definition) is 0. The molecule has 8 heavy (non-hydrogen) atoms. The van der Waals surface area contributed by atoms with E-state index in [0.717, 1.165) is 5.92 Å². The molecule has 0 amide bonds. The Labute approximate surface area is 60.8 Å². The molecule has 0 aromatic carbocycles. The average molecular weight is 179 g/mol. The lowest BCUT2D eigenvalue weighted by molar-refractivity contribution is 0.526. The average Bonchev–Trinajstić information content (AvgIpc) is 1.67. The maximum Gasteiger partial charge on any atom is 0.0143 e. The first-order valence-corrected chi connectivity index (χ1v) is 4.24. The molecule has 2 atom stereocenters. The summed E-state index contributed by atoms with van der Waals surface area (Å²) >= 11 is 3.54. The van der Waals surface area contributed by atoms with Crippen LogP contribution in [0.3, 0.4) is 0 Å². The van der Waals surface area contributed by atoms with Crippen molar-refractivity contribution in [3.63, 3.8) is 0 Å². The van der Waals surface area contributed by atoms with Gasteiger partial charge in [0.2, 0.25) is 0 Å². The lowest BCUT2D eigenvalue weighted by Crippen LogP contribution is -2.04. The highest BCUT2D eigenvalue weighted by molar-refractivity contribution is 9.09. The summed E-state index contributed by atoms with van der Waals surface area (Å²) in [6, 6.07) is 0. The molecule has 0 aliphatic carbocycles. The van der Waals surface area contributed by atoms with Crippen molar-refractivity contribution in [3.8, 4) is 0 Å². The van der Waals surface area contributed by atoms with Crippen molar-refractivity contribution < 1.29 is 0 Å². The third-order valence-electron chi connectivity index (χ3n) is 1.53. The fourth-order valence-electron chi connectivity index (χ4n) is 0.685. The van der Waals surface area contributed by atoms with E-state index in [1.165, 1.54) is 12.8 Å². The van der Waals surface area contributed by atoms with Crippen LogP contribution >= 0.6 is 15.9 Å². The van der Waals surface area contributed by atoms with E-state index in [1.807, 2.05) is 0 Å². The van der Waals surface area contributed by atoms with Gasteiger partial charge in [-0.3, -0.25) is 0 Å². The molecule has 2 unspecified atom stereocenters. The van der Waals surface area contributed by atoms with Crippen molar-refractivity contribution in [1.82, 2.24) is 0 Å². The first-order valence-electron chi connectivity index (χ1n) is 3.32. The van der Waals surface area contributed by atoms with Crippen molar-refractivity contribution in [2.75, 3.05) is 0 Å². The van der Waals surface area contributed by atoms with E-state index >= 15 is 0 Å². The molecule has 0 aromatic rings. The van der Waals surface area contributed by atoms with Gasteiger partial charge in [0, 0.05) is 4.83 Å². The molecule has 0 rings (SSSR count). The molecule has 0 aliphatic heterocycles. The summed E-state index contributed by atoms with van der Waals surface area (Å²) in [7, 11) is 0. The van der Waals surface area contributed by atoms with E-state index in [-0.39, 0.29) is 0 Å². The van der Waals surface area contributed by atoms with Crippen LogP contribution in [0.2, 0.25) is 0 Å². The van der Waals surface area contributed by atoms with Gasteiger partial charge in [-0.25, -0.2) is 0 Å². The Morgan fingerprint density at radius 1 is 1.38 bits per heavy atom. The predicted molar refractivity (Wildman–Crippen MR) is 42.5 cm³/mol. The molecule has 0 radical (unpaired) electrons. The number of halogens is 1. The largest absolute Gasteiger partial charge is 0.0891 e. The Kier molecular flexibility index (Phi) is 4.63. The first-order chi connectivity index (χ1) is 3.68. The second kappa shape index (κ2) is 4.37. The zero-order valence-electron chi connectivity index (χ0n) is 5.95. The Morgan fingerprint density at radius 3 is 2.00 bits per heavy atom. The summed E-state index contributed by atoms with van der Waals surface area (Å²) in [5.41, 5.74) is 0. The highest BCUT2D eigenvalue weighted by Gasteiger charge is 2.05. The lowest BCUT2D eigenvalue weighted by Gasteiger charge is -2.11. The van der Waals surface area contributed by atoms with Crippen LogP contribution in [0.1, 0.15) is 33.6 Å². The van der Waals surface area contributed by atoms with Gasteiger partial charge in [-0.1, -0.05) is 43.1 Å². The van der Waals surface area contributed by atoms with E-state index in [9.17, 15) is 0 Å². The minimum atomic E-state index is 0.683. The van der Waals surface area contributed by atoms with E-state index in [1.54, 1.807) is 0 Å². The van der Waals surface area contributed by atoms with Gasteiger partial charge < -0.3 is 0 Å². The van der Waals surface area contributed by atoms with Crippen molar-refractivity contribution in [3.05, 3.63) is 0 Å². The van der Waals surface area contributed by atoms with Crippen LogP contribution in [0.25, 0.3) is 0 Å². The molecule has 50 valence electrons. The summed E-state index contributed by atoms with van der Waals surface area (Å²) in [5, 5.41) is 0. The normalized spacial score (nSPS) is 18.0. The van der Waals surface area contributed by atoms with Crippen LogP contribution in [0, 0.1) is 5.92 Å². The van der Waals surface area contributed by atoms with Crippen molar-refractivity contribution in [2.24, 2.45) is 5.92 Å². The van der Waals surface area contributed by atoms with Gasteiger partial charge in [0.1, 0.15) is 0 Å². The minimum Gasteiger partial charge on any atom is -0.0891 e. The molecule has 0 aliphatic rings. The van der Waals surface area contributed by atoms with Crippen molar-refractivity contribution in [2.45, 2.75) is 38.4 Å². The highest BCUT2D eigenvalue weighted by Crippen LogP contribution is 2.16. The maximum atomic E-state index is 3.54. The smallest absolute Gasteiger partial charge is 0.0143 e. The zero-order chi connectivity index (χ0) is 6.57. The highest BCUT2D eigenvalue weighted by atomic mass is 79.9. The topological polar surface area (TPSA) is 0 Å². The quantitative estimate of drug-likeness (QED) is 0.583. The van der Waals surface area contributed by atoms with Gasteiger partial charge in [0.25, 0.3) is 0 Å². The third-order valence-corrected chi connectivity index (χ3v) is 2.43. The Bertz CT molecular complexity index is 50.3. The molecule has 0 nitrogen and oxygen atoms in total. The Hall–Kier alpha value is 0.480. The maximum absolute atomic E-state index is 3.54. The molecule has 0 saturated heterocycles. The molecule has 0 aromatic heterocycles. The molecule has 0 saturated carbocycles. The summed E-state index contributed by atoms with van der Waals surface area (Å²) in [4.78, 5) is 0.683. The summed E-state index contributed by atoms with van der Waals surface area (Å²) in [6.07, 6.45) is 2.64. The zero-order valence-corrected chi connectivity index (χ0v) is 7.53. The van der Waals surface area contributed by atoms with Crippen LogP contribution in [0.5, 0.6) is 0 Å². The number of rotatable bonds is 3. The predicted octanol–water partition coefficient (Wildman–Crippen LogP) is 3.21. The van der Waals surface area contributed by atoms with Crippen LogP contribution in [0.15, 0.2) is 0 Å². The molecule has 0 N–H and O–H groups in total. The van der Waals surface area contributed by atoms with Crippen molar-refractivity contribution in [1.29, 1.82) is 0 Å². The van der Waals surface area contributed by atoms with Gasteiger partial charge in [-0.15, -0.1) is 0 Å². The van der Waals surface area contributed by atoms with Gasteiger partial charge in [0.15, 0.2) is 0 Å². The van der Waals surface area contributed by atoms with E-state index in [0.29, 0.717) is 4.83 Å². The number of hydrogen-bond donors (Lipinski definition) is 0. The third kappa shape index (κ3) is 3.48. The molecule has 0 fully saturated rings. The molecule has 0 heterocycles. The van der Waals surface area contributed by atoms with Crippen LogP contribution in [-0.2, 0) is 0 Å². The van der Waals surface area contributed by atoms with Gasteiger partial charge >= 0.3 is 0 Å². The van der Waals surface area contributed by atoms with E-state index in [4.69, 9.17) is 0 Å². The van der Waals surface area contributed by atoms with Crippen molar-refractivity contribution >= 4 is 15.9 Å². The van der Waals surface area contributed by atoms with Gasteiger partial charge in [0.05, 0.1) is 0 Å². The second-order valence-corrected chi connectivity index (χ2v) is 3.89. The lowest BCUT2D eigenvalue weighted by atomic mass is 10.0. The Morgan fingerprint density at radius 2 is 1.88 bits per heavy atom. The standard InChI is InChI=1S/C7H15Br/c1-4-5-6(2)7(3)8/h6-7H,4-5H2,1-3H3. The van der Waals surface area contributed by atoms with Crippen LogP contribution < -0.4 is 0 Å². The fraction of sp³-hybridized carbons (Fsp3) is 1.00. The number of alkyl halides is 1. The van der Waals surface area contributed by atoms with Gasteiger partial charge in [-0.2, -0.15) is 0 Å². The van der Waals surface area contributed by atoms with Crippen LogP contribution in [-0.4, -0.2) is 4.83 Å². The summed E-state index contributed by atoms with van der Waals surface area (Å²) in [5.74, 6) is 0.833. The van der Waals surface area contributed by atoms with Crippen LogP contribution in [0.4, 0.5) is 0 Å². The fourth-order valence-corrected chi connectivity index (χ4v) is 0.949. The SMILES string of the molecule is CCCC(C)C(C)Br. The summed E-state index contributed by atoms with van der Waals surface area (Å²) in [6.45, 7) is 6.72. The molecule has 0 bridgehead atoms. The molecule has 0 spiro atoms. The van der Waals surface area contributed by atoms with Gasteiger partial charge in [-0.05, 0) is 12.3 Å². The minimum absolute atomic E-state index is 0.683. The Balaban J connectivity index is 3.17. The molecular formula is C7H15Br.